The second-order valence-electron chi connectivity index (χ2n) is 3.69. The van der Waals surface area contributed by atoms with Crippen molar-refractivity contribution < 1.29 is 26.7 Å². The zero-order valence-corrected chi connectivity index (χ0v) is 11.2. The highest BCUT2D eigenvalue weighted by Gasteiger charge is 2.29. The number of anilines is 1. The first-order valence-corrected chi connectivity index (χ1v) is 7.13. The van der Waals surface area contributed by atoms with Crippen LogP contribution in [-0.4, -0.2) is 39.8 Å². The first-order chi connectivity index (χ1) is 9.39. The lowest BCUT2D eigenvalue weighted by atomic mass is 10.3. The Morgan fingerprint density at radius 3 is 2.60 bits per heavy atom. The van der Waals surface area contributed by atoms with Gasteiger partial charge in [0, 0.05) is 6.54 Å². The van der Waals surface area contributed by atoms with Gasteiger partial charge >= 0.3 is 5.76 Å². The summed E-state index contributed by atoms with van der Waals surface area (Å²) in [5, 5.41) is 2.21. The van der Waals surface area contributed by atoms with Gasteiger partial charge in [0.1, 0.15) is 6.61 Å². The normalized spacial score (nSPS) is 11.6. The van der Waals surface area contributed by atoms with Crippen LogP contribution in [0.15, 0.2) is 29.2 Å². The average Bonchev–Trinajstić information content (AvgIpc) is 2.39. The fourth-order valence-corrected chi connectivity index (χ4v) is 2.23. The summed E-state index contributed by atoms with van der Waals surface area (Å²) in [6, 6.07) is 4.92. The van der Waals surface area contributed by atoms with Gasteiger partial charge in [-0.05, 0) is 12.1 Å². The number of para-hydroxylation sites is 1. The maximum Gasteiger partial charge on any atom is 0.341 e. The maximum atomic E-state index is 12.5. The Morgan fingerprint density at radius 2 is 2.00 bits per heavy atom. The van der Waals surface area contributed by atoms with Crippen LogP contribution >= 0.6 is 0 Å². The molecular weight excluding hydrogens is 294 g/mol. The zero-order chi connectivity index (χ0) is 15.2. The van der Waals surface area contributed by atoms with Crippen LogP contribution in [0.2, 0.25) is 0 Å². The van der Waals surface area contributed by atoms with E-state index < -0.39 is 26.4 Å². The fourth-order valence-electron chi connectivity index (χ4n) is 1.35. The summed E-state index contributed by atoms with van der Waals surface area (Å²) in [6.45, 7) is 0.0360. The molecule has 0 spiro atoms. The number of nitrogens with two attached hydrogens (primary N) is 1. The smallest absolute Gasteiger partial charge is 0.341 e. The van der Waals surface area contributed by atoms with Gasteiger partial charge in [-0.3, -0.25) is 4.79 Å². The number of halogens is 2. The van der Waals surface area contributed by atoms with Crippen molar-refractivity contribution in [2.24, 2.45) is 5.73 Å². The Morgan fingerprint density at radius 1 is 1.35 bits per heavy atom. The van der Waals surface area contributed by atoms with Gasteiger partial charge in [0.25, 0.3) is 0 Å². The lowest BCUT2D eigenvalue weighted by Crippen LogP contribution is -2.22. The number of carbonyl (C=O) groups is 1. The molecule has 0 aliphatic heterocycles. The van der Waals surface area contributed by atoms with E-state index in [0.29, 0.717) is 0 Å². The third kappa shape index (κ3) is 4.22. The van der Waals surface area contributed by atoms with E-state index in [1.54, 1.807) is 0 Å². The molecule has 20 heavy (non-hydrogen) atoms. The number of nitrogens with one attached hydrogen (secondary N) is 1. The van der Waals surface area contributed by atoms with Crippen LogP contribution in [0.3, 0.4) is 0 Å². The number of amides is 1. The molecule has 1 amide bonds. The van der Waals surface area contributed by atoms with Crippen molar-refractivity contribution in [1.82, 2.24) is 0 Å². The third-order valence-corrected chi connectivity index (χ3v) is 3.64. The van der Waals surface area contributed by atoms with Crippen LogP contribution < -0.4 is 11.1 Å². The molecular formula is C11H14F2N2O4S. The van der Waals surface area contributed by atoms with Crippen LogP contribution in [0.25, 0.3) is 0 Å². The highest BCUT2D eigenvalue weighted by molar-refractivity contribution is 7.91. The standard InChI is InChI=1S/C11H14F2N2O4S/c12-11(13)20(17,18)9-4-2-1-3-8(9)15-10(16)7-19-6-5-14/h1-4,11H,5-7,14H2,(H,15,16). The molecule has 0 fully saturated rings. The van der Waals surface area contributed by atoms with Gasteiger partial charge in [-0.2, -0.15) is 8.78 Å². The molecule has 1 aromatic carbocycles. The van der Waals surface area contributed by atoms with E-state index in [9.17, 15) is 22.0 Å². The van der Waals surface area contributed by atoms with Crippen LogP contribution in [0, 0.1) is 0 Å². The van der Waals surface area contributed by atoms with Gasteiger partial charge in [-0.15, -0.1) is 0 Å². The predicted octanol–water partition coefficient (Wildman–Crippen LogP) is 0.597. The summed E-state index contributed by atoms with van der Waals surface area (Å²) in [5.74, 6) is -4.22. The lowest BCUT2D eigenvalue weighted by molar-refractivity contribution is -0.120. The van der Waals surface area contributed by atoms with Crippen molar-refractivity contribution in [3.8, 4) is 0 Å². The molecule has 0 aliphatic rings. The number of carbonyl (C=O) groups excluding carboxylic acids is 1. The Balaban J connectivity index is 2.89. The van der Waals surface area contributed by atoms with E-state index in [0.717, 1.165) is 6.07 Å². The number of ether oxygens (including phenoxy) is 1. The van der Waals surface area contributed by atoms with Gasteiger partial charge in [0.05, 0.1) is 17.2 Å². The first-order valence-electron chi connectivity index (χ1n) is 5.58. The molecule has 1 rings (SSSR count). The number of hydrogen-bond acceptors (Lipinski definition) is 5. The van der Waals surface area contributed by atoms with Crippen molar-refractivity contribution in [2.45, 2.75) is 10.7 Å². The summed E-state index contributed by atoms with van der Waals surface area (Å²) in [4.78, 5) is 10.8. The van der Waals surface area contributed by atoms with Gasteiger partial charge < -0.3 is 15.8 Å². The molecule has 0 atom stereocenters. The Labute approximate surface area is 114 Å². The van der Waals surface area contributed by atoms with E-state index in [2.05, 4.69) is 5.32 Å². The molecule has 0 radical (unpaired) electrons. The minimum atomic E-state index is -4.79. The van der Waals surface area contributed by atoms with Crippen LogP contribution in [0.5, 0.6) is 0 Å². The molecule has 0 aromatic heterocycles. The fraction of sp³-hybridized carbons (Fsp3) is 0.364. The molecule has 0 unspecified atom stereocenters. The number of benzene rings is 1. The van der Waals surface area contributed by atoms with Crippen molar-refractivity contribution in [3.05, 3.63) is 24.3 Å². The molecule has 6 nitrogen and oxygen atoms in total. The second-order valence-corrected chi connectivity index (χ2v) is 5.58. The Kier molecular flexibility index (Phi) is 5.99. The molecule has 0 bridgehead atoms. The largest absolute Gasteiger partial charge is 0.370 e. The van der Waals surface area contributed by atoms with E-state index in [4.69, 9.17) is 10.5 Å². The number of rotatable bonds is 7. The predicted molar refractivity (Wildman–Crippen MR) is 68.1 cm³/mol. The molecule has 0 heterocycles. The van der Waals surface area contributed by atoms with E-state index in [-0.39, 0.29) is 25.4 Å². The highest BCUT2D eigenvalue weighted by atomic mass is 32.2. The van der Waals surface area contributed by atoms with Gasteiger partial charge in [-0.1, -0.05) is 12.1 Å². The minimum Gasteiger partial charge on any atom is -0.370 e. The first kappa shape index (κ1) is 16.5. The quantitative estimate of drug-likeness (QED) is 0.719. The number of alkyl halides is 2. The van der Waals surface area contributed by atoms with Crippen molar-refractivity contribution >= 4 is 21.4 Å². The molecule has 0 aliphatic carbocycles. The van der Waals surface area contributed by atoms with Gasteiger partial charge in [0.2, 0.25) is 15.7 Å². The van der Waals surface area contributed by atoms with E-state index in [1.165, 1.54) is 18.2 Å². The molecule has 0 saturated heterocycles. The summed E-state index contributed by atoms with van der Waals surface area (Å²) in [5.41, 5.74) is 4.95. The lowest BCUT2D eigenvalue weighted by Gasteiger charge is -2.11. The van der Waals surface area contributed by atoms with E-state index in [1.807, 2.05) is 0 Å². The van der Waals surface area contributed by atoms with Crippen molar-refractivity contribution in [2.75, 3.05) is 25.1 Å². The van der Waals surface area contributed by atoms with Crippen LogP contribution in [0.1, 0.15) is 0 Å². The average molecular weight is 308 g/mol. The third-order valence-electron chi connectivity index (χ3n) is 2.20. The summed E-state index contributed by atoms with van der Waals surface area (Å²) in [7, 11) is -4.79. The van der Waals surface area contributed by atoms with Crippen molar-refractivity contribution in [1.29, 1.82) is 0 Å². The SMILES string of the molecule is NCCOCC(=O)Nc1ccccc1S(=O)(=O)C(F)F. The number of sulfone groups is 1. The summed E-state index contributed by atoms with van der Waals surface area (Å²) >= 11 is 0. The molecule has 0 saturated carbocycles. The highest BCUT2D eigenvalue weighted by Crippen LogP contribution is 2.25. The second kappa shape index (κ2) is 7.27. The van der Waals surface area contributed by atoms with Crippen LogP contribution in [-0.2, 0) is 19.4 Å². The molecule has 1 aromatic rings. The molecule has 9 heteroatoms. The molecule has 112 valence electrons. The number of hydrogen-bond donors (Lipinski definition) is 2. The minimum absolute atomic E-state index is 0.157. The Hall–Kier alpha value is -1.58. The zero-order valence-electron chi connectivity index (χ0n) is 10.4. The van der Waals surface area contributed by atoms with E-state index >= 15 is 0 Å². The topological polar surface area (TPSA) is 98.5 Å². The van der Waals surface area contributed by atoms with Crippen molar-refractivity contribution in [3.63, 3.8) is 0 Å². The van der Waals surface area contributed by atoms with Gasteiger partial charge in [-0.25, -0.2) is 8.42 Å². The maximum absolute atomic E-state index is 12.5. The van der Waals surface area contributed by atoms with Gasteiger partial charge in [0.15, 0.2) is 0 Å². The summed E-state index contributed by atoms with van der Waals surface area (Å²) < 4.78 is 52.8. The molecule has 3 N–H and O–H groups in total. The summed E-state index contributed by atoms with van der Waals surface area (Å²) in [6.07, 6.45) is 0. The Bertz CT molecular complexity index is 563. The monoisotopic (exact) mass is 308 g/mol. The van der Waals surface area contributed by atoms with Crippen LogP contribution in [0.4, 0.5) is 14.5 Å².